The van der Waals surface area contributed by atoms with Gasteiger partial charge in [-0.05, 0) is 5.92 Å². The number of likely N-dealkylation sites (tertiary alicyclic amines) is 1. The van der Waals surface area contributed by atoms with Gasteiger partial charge in [0.05, 0.1) is 43.8 Å². The molecule has 24 heavy (non-hydrogen) atoms. The van der Waals surface area contributed by atoms with Crippen molar-refractivity contribution in [2.75, 3.05) is 18.4 Å². The molecule has 1 fully saturated rings. The minimum Gasteiger partial charge on any atom is -0.389 e. The summed E-state index contributed by atoms with van der Waals surface area (Å²) in [6.45, 7) is 4.28. The van der Waals surface area contributed by atoms with Crippen LogP contribution in [0.5, 0.6) is 0 Å². The summed E-state index contributed by atoms with van der Waals surface area (Å²) in [6, 6.07) is -1.06. The van der Waals surface area contributed by atoms with Crippen molar-refractivity contribution in [3.05, 3.63) is 23.8 Å². The van der Waals surface area contributed by atoms with Crippen molar-refractivity contribution in [3.63, 3.8) is 0 Å². The maximum Gasteiger partial charge on any atom is 0.321 e. The quantitative estimate of drug-likeness (QED) is 0.849. The van der Waals surface area contributed by atoms with Crippen molar-refractivity contribution in [2.24, 2.45) is 5.92 Å². The molecule has 3 heterocycles. The van der Waals surface area contributed by atoms with E-state index in [0.29, 0.717) is 12.1 Å². The predicted molar refractivity (Wildman–Crippen MR) is 84.6 cm³/mol. The van der Waals surface area contributed by atoms with Crippen LogP contribution in [-0.2, 0) is 11.3 Å². The minimum atomic E-state index is -0.702. The van der Waals surface area contributed by atoms with Crippen molar-refractivity contribution in [1.29, 1.82) is 0 Å². The van der Waals surface area contributed by atoms with E-state index in [1.165, 1.54) is 16.0 Å². The fraction of sp³-hybridized carbons (Fsp3) is 0.562. The van der Waals surface area contributed by atoms with Gasteiger partial charge >= 0.3 is 6.03 Å². The summed E-state index contributed by atoms with van der Waals surface area (Å²) in [6.07, 6.45) is 2.63. The van der Waals surface area contributed by atoms with Crippen LogP contribution in [0.1, 0.15) is 25.8 Å². The third-order valence-electron chi connectivity index (χ3n) is 4.76. The first-order chi connectivity index (χ1) is 11.4. The third-order valence-corrected chi connectivity index (χ3v) is 4.76. The Morgan fingerprint density at radius 1 is 1.50 bits per heavy atom. The lowest BCUT2D eigenvalue weighted by molar-refractivity contribution is -0.122. The number of fused-ring (bicyclic) bond motifs is 1. The van der Waals surface area contributed by atoms with Crippen LogP contribution >= 0.6 is 0 Å². The highest BCUT2D eigenvalue weighted by molar-refractivity contribution is 5.98. The Morgan fingerprint density at radius 3 is 2.83 bits per heavy atom. The Kier molecular flexibility index (Phi) is 4.40. The maximum absolute atomic E-state index is 14.2. The molecular formula is C16H21FN4O3. The normalized spacial score (nSPS) is 22.3. The van der Waals surface area contributed by atoms with Gasteiger partial charge in [0, 0.05) is 5.56 Å². The highest BCUT2D eigenvalue weighted by Gasteiger charge is 2.41. The zero-order valence-corrected chi connectivity index (χ0v) is 13.7. The molecule has 0 unspecified atom stereocenters. The number of aromatic nitrogens is 1. The van der Waals surface area contributed by atoms with Gasteiger partial charge in [0.2, 0.25) is 5.91 Å². The van der Waals surface area contributed by atoms with Crippen molar-refractivity contribution in [2.45, 2.75) is 39.0 Å². The van der Waals surface area contributed by atoms with E-state index in [-0.39, 0.29) is 43.1 Å². The number of nitrogens with zero attached hydrogens (tertiary/aromatic N) is 3. The largest absolute Gasteiger partial charge is 0.389 e. The Bertz CT molecular complexity index is 663. The molecule has 1 aromatic heterocycles. The number of aliphatic hydroxyl groups is 1. The number of carbonyl (C=O) groups excluding carboxylic acids is 2. The molecule has 7 nitrogen and oxygen atoms in total. The lowest BCUT2D eigenvalue weighted by Gasteiger charge is -2.42. The molecule has 0 spiro atoms. The van der Waals surface area contributed by atoms with E-state index in [0.717, 1.165) is 6.20 Å². The number of nitrogens with one attached hydrogen (secondary N) is 1. The van der Waals surface area contributed by atoms with Crippen LogP contribution < -0.4 is 5.32 Å². The molecule has 2 N–H and O–H groups in total. The zero-order valence-electron chi connectivity index (χ0n) is 13.7. The molecular weight excluding hydrogens is 315 g/mol. The number of pyridine rings is 1. The molecule has 130 valence electrons. The second kappa shape index (κ2) is 6.35. The molecule has 0 aromatic carbocycles. The average Bonchev–Trinajstić information content (AvgIpc) is 2.67. The Balaban J connectivity index is 1.98. The number of hydrogen-bond donors (Lipinski definition) is 2. The molecule has 3 amide bonds. The van der Waals surface area contributed by atoms with Crippen LogP contribution in [0, 0.1) is 11.7 Å². The zero-order chi connectivity index (χ0) is 17.4. The van der Waals surface area contributed by atoms with Crippen molar-refractivity contribution in [3.8, 4) is 0 Å². The number of rotatable bonds is 2. The van der Waals surface area contributed by atoms with Crippen LogP contribution in [0.15, 0.2) is 12.4 Å². The topological polar surface area (TPSA) is 85.8 Å². The highest BCUT2D eigenvalue weighted by Crippen LogP contribution is 2.29. The number of carbonyl (C=O) groups is 2. The van der Waals surface area contributed by atoms with Gasteiger partial charge in [-0.2, -0.15) is 0 Å². The fourth-order valence-electron chi connectivity index (χ4n) is 3.12. The van der Waals surface area contributed by atoms with Crippen LogP contribution in [0.4, 0.5) is 14.9 Å². The van der Waals surface area contributed by atoms with Gasteiger partial charge in [-0.1, -0.05) is 20.3 Å². The molecule has 2 aliphatic heterocycles. The summed E-state index contributed by atoms with van der Waals surface area (Å²) in [7, 11) is 0. The number of amides is 3. The summed E-state index contributed by atoms with van der Waals surface area (Å²) >= 11 is 0. The predicted octanol–water partition coefficient (Wildman–Crippen LogP) is 1.19. The molecule has 3 rings (SSSR count). The van der Waals surface area contributed by atoms with Gasteiger partial charge in [0.25, 0.3) is 0 Å². The smallest absolute Gasteiger partial charge is 0.321 e. The molecule has 0 saturated carbocycles. The van der Waals surface area contributed by atoms with Crippen LogP contribution in [-0.4, -0.2) is 57.1 Å². The highest BCUT2D eigenvalue weighted by atomic mass is 19.1. The van der Waals surface area contributed by atoms with Gasteiger partial charge < -0.3 is 20.2 Å². The number of halogens is 1. The monoisotopic (exact) mass is 336 g/mol. The Labute approximate surface area is 139 Å². The number of β-amino-alcohol motifs (C(OH)–C–C–N with tert-alkyl or cyclic N) is 1. The molecule has 1 saturated heterocycles. The Morgan fingerprint density at radius 2 is 2.21 bits per heavy atom. The summed E-state index contributed by atoms with van der Waals surface area (Å²) in [5, 5.41) is 12.1. The van der Waals surface area contributed by atoms with Crippen LogP contribution in [0.2, 0.25) is 0 Å². The van der Waals surface area contributed by atoms with E-state index in [1.54, 1.807) is 0 Å². The van der Waals surface area contributed by atoms with Crippen molar-refractivity contribution >= 4 is 17.6 Å². The summed E-state index contributed by atoms with van der Waals surface area (Å²) in [5.74, 6) is -0.991. The average molecular weight is 336 g/mol. The lowest BCUT2D eigenvalue weighted by Crippen LogP contribution is -2.61. The van der Waals surface area contributed by atoms with E-state index in [1.807, 2.05) is 13.8 Å². The summed E-state index contributed by atoms with van der Waals surface area (Å²) in [5.41, 5.74) is 0.547. The number of urea groups is 1. The maximum atomic E-state index is 14.2. The SMILES string of the molecule is CC[C@H](C)[C@H]1C(=O)Nc2cncc(F)c2CN1C(=O)N1CC(O)C1. The first-order valence-corrected chi connectivity index (χ1v) is 8.09. The molecule has 2 atom stereocenters. The standard InChI is InChI=1S/C16H21FN4O3/c1-3-9(2)14-15(23)19-13-5-18-4-12(17)11(13)8-21(14)16(24)20-6-10(22)7-20/h4-5,9-10,14,22H,3,6-8H2,1-2H3,(H,19,23)/t9-,14-/m0/s1. The first-order valence-electron chi connectivity index (χ1n) is 8.09. The summed E-state index contributed by atoms with van der Waals surface area (Å²) < 4.78 is 14.2. The van der Waals surface area contributed by atoms with Gasteiger partial charge in [-0.15, -0.1) is 0 Å². The van der Waals surface area contributed by atoms with E-state index >= 15 is 0 Å². The number of anilines is 1. The minimum absolute atomic E-state index is 0.0110. The number of hydrogen-bond acceptors (Lipinski definition) is 4. The van der Waals surface area contributed by atoms with Crippen molar-refractivity contribution in [1.82, 2.24) is 14.8 Å². The summed E-state index contributed by atoms with van der Waals surface area (Å²) in [4.78, 5) is 32.1. The van der Waals surface area contributed by atoms with Crippen molar-refractivity contribution < 1.29 is 19.1 Å². The molecule has 2 aliphatic rings. The molecule has 0 bridgehead atoms. The molecule has 1 aromatic rings. The number of aliphatic hydroxyl groups excluding tert-OH is 1. The van der Waals surface area contributed by atoms with Crippen LogP contribution in [0.25, 0.3) is 0 Å². The first kappa shape index (κ1) is 16.6. The fourth-order valence-corrected chi connectivity index (χ4v) is 3.12. The van der Waals surface area contributed by atoms with Gasteiger partial charge in [0.1, 0.15) is 11.9 Å². The molecule has 8 heteroatoms. The second-order valence-corrected chi connectivity index (χ2v) is 6.44. The van der Waals surface area contributed by atoms with E-state index in [2.05, 4.69) is 10.3 Å². The van der Waals surface area contributed by atoms with Gasteiger partial charge in [0.15, 0.2) is 0 Å². The van der Waals surface area contributed by atoms with E-state index in [4.69, 9.17) is 0 Å². The lowest BCUT2D eigenvalue weighted by atomic mass is 9.96. The van der Waals surface area contributed by atoms with Crippen LogP contribution in [0.3, 0.4) is 0 Å². The molecule has 0 aliphatic carbocycles. The van der Waals surface area contributed by atoms with Gasteiger partial charge in [-0.25, -0.2) is 9.18 Å². The second-order valence-electron chi connectivity index (χ2n) is 6.44. The van der Waals surface area contributed by atoms with E-state index in [9.17, 15) is 19.1 Å². The Hall–Kier alpha value is -2.22. The van der Waals surface area contributed by atoms with Gasteiger partial charge in [-0.3, -0.25) is 9.78 Å². The molecule has 0 radical (unpaired) electrons. The third kappa shape index (κ3) is 2.82. The van der Waals surface area contributed by atoms with E-state index < -0.39 is 18.0 Å².